The molecule has 0 aromatic carbocycles. The smallest absolute Gasteiger partial charge is 0.312 e. The third kappa shape index (κ3) is 4.82. The number of hydrogen-bond donors (Lipinski definition) is 1. The molecule has 0 aromatic rings. The summed E-state index contributed by atoms with van der Waals surface area (Å²) in [5, 5.41) is 3.42. The second-order valence-corrected chi connectivity index (χ2v) is 6.37. The molecule has 0 spiro atoms. The van der Waals surface area contributed by atoms with E-state index >= 15 is 0 Å². The molecule has 1 aliphatic rings. The van der Waals surface area contributed by atoms with E-state index in [0.717, 1.165) is 6.54 Å². The van der Waals surface area contributed by atoms with Crippen molar-refractivity contribution in [2.75, 3.05) is 32.7 Å². The zero-order valence-corrected chi connectivity index (χ0v) is 12.8. The van der Waals surface area contributed by atoms with Crippen LogP contribution in [-0.4, -0.2) is 59.9 Å². The number of amides is 2. The molecule has 0 aliphatic carbocycles. The average Bonchev–Trinajstić information content (AvgIpc) is 2.32. The standard InChI is InChI=1S/C14H27N3O2/c1-6-16-7-8-17(13(19)12(16)18)10-11(2)9-15-14(3,4)5/h11,15H,6-10H2,1-5H3. The van der Waals surface area contributed by atoms with E-state index in [9.17, 15) is 9.59 Å². The molecule has 1 heterocycles. The summed E-state index contributed by atoms with van der Waals surface area (Å²) >= 11 is 0. The summed E-state index contributed by atoms with van der Waals surface area (Å²) in [6.07, 6.45) is 0. The lowest BCUT2D eigenvalue weighted by Gasteiger charge is -2.35. The van der Waals surface area contributed by atoms with E-state index in [0.29, 0.717) is 32.1 Å². The van der Waals surface area contributed by atoms with Gasteiger partial charge in [0.2, 0.25) is 0 Å². The molecular formula is C14H27N3O2. The Morgan fingerprint density at radius 1 is 1.16 bits per heavy atom. The topological polar surface area (TPSA) is 52.6 Å². The van der Waals surface area contributed by atoms with Crippen LogP contribution in [0.15, 0.2) is 0 Å². The predicted molar refractivity (Wildman–Crippen MR) is 75.8 cm³/mol. The molecule has 1 aliphatic heterocycles. The molecule has 0 radical (unpaired) electrons. The number of likely N-dealkylation sites (N-methyl/N-ethyl adjacent to an activating group) is 1. The number of carbonyl (C=O) groups is 2. The highest BCUT2D eigenvalue weighted by Crippen LogP contribution is 2.09. The number of piperazine rings is 1. The fourth-order valence-corrected chi connectivity index (χ4v) is 2.11. The lowest BCUT2D eigenvalue weighted by molar-refractivity contribution is -0.156. The average molecular weight is 269 g/mol. The summed E-state index contributed by atoms with van der Waals surface area (Å²) in [5.74, 6) is -0.371. The van der Waals surface area contributed by atoms with Crippen molar-refractivity contribution in [3.8, 4) is 0 Å². The second-order valence-electron chi connectivity index (χ2n) is 6.37. The van der Waals surface area contributed by atoms with Gasteiger partial charge in [-0.1, -0.05) is 6.92 Å². The summed E-state index contributed by atoms with van der Waals surface area (Å²) in [4.78, 5) is 27.0. The molecule has 5 heteroatoms. The van der Waals surface area contributed by atoms with E-state index in [2.05, 4.69) is 33.0 Å². The molecule has 1 unspecified atom stereocenters. The molecule has 2 amide bonds. The van der Waals surface area contributed by atoms with Gasteiger partial charge in [-0.05, 0) is 40.2 Å². The molecule has 0 aromatic heterocycles. The molecule has 1 fully saturated rings. The summed E-state index contributed by atoms with van der Waals surface area (Å²) in [5.41, 5.74) is 0.0784. The van der Waals surface area contributed by atoms with E-state index in [-0.39, 0.29) is 17.4 Å². The van der Waals surface area contributed by atoms with Gasteiger partial charge in [0.1, 0.15) is 0 Å². The quantitative estimate of drug-likeness (QED) is 0.748. The van der Waals surface area contributed by atoms with Gasteiger partial charge < -0.3 is 15.1 Å². The van der Waals surface area contributed by atoms with Gasteiger partial charge in [-0.2, -0.15) is 0 Å². The van der Waals surface area contributed by atoms with Crippen molar-refractivity contribution in [2.45, 2.75) is 40.2 Å². The zero-order chi connectivity index (χ0) is 14.6. The molecule has 19 heavy (non-hydrogen) atoms. The number of nitrogens with one attached hydrogen (secondary N) is 1. The van der Waals surface area contributed by atoms with Crippen LogP contribution in [-0.2, 0) is 9.59 Å². The Balaban J connectivity index is 2.45. The molecule has 0 saturated carbocycles. The van der Waals surface area contributed by atoms with Crippen LogP contribution in [0.2, 0.25) is 0 Å². The van der Waals surface area contributed by atoms with Gasteiger partial charge in [0.15, 0.2) is 0 Å². The van der Waals surface area contributed by atoms with Crippen LogP contribution in [0.1, 0.15) is 34.6 Å². The maximum absolute atomic E-state index is 11.9. The summed E-state index contributed by atoms with van der Waals surface area (Å²) in [6.45, 7) is 13.8. The minimum Gasteiger partial charge on any atom is -0.333 e. The van der Waals surface area contributed by atoms with Crippen molar-refractivity contribution in [1.82, 2.24) is 15.1 Å². The van der Waals surface area contributed by atoms with Crippen LogP contribution in [0.25, 0.3) is 0 Å². The van der Waals surface area contributed by atoms with E-state index in [1.165, 1.54) is 0 Å². The SMILES string of the molecule is CCN1CCN(CC(C)CNC(C)(C)C)C(=O)C1=O. The third-order valence-electron chi connectivity index (χ3n) is 3.29. The highest BCUT2D eigenvalue weighted by molar-refractivity contribution is 6.35. The Morgan fingerprint density at radius 2 is 1.68 bits per heavy atom. The van der Waals surface area contributed by atoms with E-state index in [4.69, 9.17) is 0 Å². The van der Waals surface area contributed by atoms with Crippen molar-refractivity contribution >= 4 is 11.8 Å². The van der Waals surface area contributed by atoms with Crippen LogP contribution >= 0.6 is 0 Å². The minimum absolute atomic E-state index is 0.0784. The van der Waals surface area contributed by atoms with Crippen molar-refractivity contribution in [3.05, 3.63) is 0 Å². The van der Waals surface area contributed by atoms with E-state index in [1.54, 1.807) is 9.80 Å². The van der Waals surface area contributed by atoms with Crippen LogP contribution in [0.3, 0.4) is 0 Å². The number of rotatable bonds is 5. The third-order valence-corrected chi connectivity index (χ3v) is 3.29. The largest absolute Gasteiger partial charge is 0.333 e. The lowest BCUT2D eigenvalue weighted by Crippen LogP contribution is -2.55. The predicted octanol–water partition coefficient (Wildman–Crippen LogP) is 0.701. The fourth-order valence-electron chi connectivity index (χ4n) is 2.11. The van der Waals surface area contributed by atoms with E-state index < -0.39 is 0 Å². The van der Waals surface area contributed by atoms with Crippen LogP contribution in [0.4, 0.5) is 0 Å². The molecule has 1 saturated heterocycles. The van der Waals surface area contributed by atoms with Gasteiger partial charge in [-0.3, -0.25) is 9.59 Å². The Morgan fingerprint density at radius 3 is 2.21 bits per heavy atom. The van der Waals surface area contributed by atoms with Crippen LogP contribution < -0.4 is 5.32 Å². The van der Waals surface area contributed by atoms with Crippen molar-refractivity contribution in [2.24, 2.45) is 5.92 Å². The first-order chi connectivity index (χ1) is 8.74. The van der Waals surface area contributed by atoms with Gasteiger partial charge >= 0.3 is 11.8 Å². The molecule has 0 bridgehead atoms. The summed E-state index contributed by atoms with van der Waals surface area (Å²) in [7, 11) is 0. The monoisotopic (exact) mass is 269 g/mol. The van der Waals surface area contributed by atoms with Crippen molar-refractivity contribution in [1.29, 1.82) is 0 Å². The van der Waals surface area contributed by atoms with Crippen molar-refractivity contribution < 1.29 is 9.59 Å². The van der Waals surface area contributed by atoms with Gasteiger partial charge in [0.25, 0.3) is 0 Å². The van der Waals surface area contributed by atoms with Gasteiger partial charge in [0, 0.05) is 31.7 Å². The van der Waals surface area contributed by atoms with Gasteiger partial charge in [-0.15, -0.1) is 0 Å². The number of carbonyl (C=O) groups excluding carboxylic acids is 2. The number of nitrogens with zero attached hydrogens (tertiary/aromatic N) is 2. The van der Waals surface area contributed by atoms with Gasteiger partial charge in [-0.25, -0.2) is 0 Å². The normalized spacial score (nSPS) is 19.0. The Kier molecular flexibility index (Phi) is 5.35. The van der Waals surface area contributed by atoms with Gasteiger partial charge in [0.05, 0.1) is 0 Å². The second kappa shape index (κ2) is 6.37. The minimum atomic E-state index is -0.357. The zero-order valence-electron chi connectivity index (χ0n) is 12.8. The highest BCUT2D eigenvalue weighted by Gasteiger charge is 2.32. The van der Waals surface area contributed by atoms with Crippen molar-refractivity contribution in [3.63, 3.8) is 0 Å². The fraction of sp³-hybridized carbons (Fsp3) is 0.857. The maximum atomic E-state index is 11.9. The summed E-state index contributed by atoms with van der Waals surface area (Å²) in [6, 6.07) is 0. The maximum Gasteiger partial charge on any atom is 0.312 e. The van der Waals surface area contributed by atoms with Crippen LogP contribution in [0, 0.1) is 5.92 Å². The first-order valence-corrected chi connectivity index (χ1v) is 7.07. The molecule has 5 nitrogen and oxygen atoms in total. The molecule has 110 valence electrons. The molecule has 1 N–H and O–H groups in total. The lowest BCUT2D eigenvalue weighted by atomic mass is 10.1. The molecular weight excluding hydrogens is 242 g/mol. The van der Waals surface area contributed by atoms with Crippen LogP contribution in [0.5, 0.6) is 0 Å². The highest BCUT2D eigenvalue weighted by atomic mass is 16.2. The Labute approximate surface area is 116 Å². The number of hydrogen-bond acceptors (Lipinski definition) is 3. The first kappa shape index (κ1) is 16.0. The Hall–Kier alpha value is -1.10. The molecule has 1 atom stereocenters. The molecule has 1 rings (SSSR count). The first-order valence-electron chi connectivity index (χ1n) is 7.07. The summed E-state index contributed by atoms with van der Waals surface area (Å²) < 4.78 is 0. The Bertz CT molecular complexity index is 336. The van der Waals surface area contributed by atoms with E-state index in [1.807, 2.05) is 6.92 Å².